The van der Waals surface area contributed by atoms with Gasteiger partial charge in [0.25, 0.3) is 5.56 Å². The lowest BCUT2D eigenvalue weighted by atomic mass is 10.3. The van der Waals surface area contributed by atoms with Crippen molar-refractivity contribution >= 4 is 21.6 Å². The van der Waals surface area contributed by atoms with E-state index in [0.29, 0.717) is 4.47 Å². The second kappa shape index (κ2) is 7.53. The van der Waals surface area contributed by atoms with E-state index in [1.165, 1.54) is 4.68 Å². The molecule has 0 unspecified atom stereocenters. The molecule has 1 aromatic rings. The van der Waals surface area contributed by atoms with Gasteiger partial charge in [0.1, 0.15) is 4.47 Å². The number of ether oxygens (including phenoxy) is 1. The fraction of sp³-hybridized carbons (Fsp3) is 0.667. The van der Waals surface area contributed by atoms with E-state index in [4.69, 9.17) is 4.74 Å². The van der Waals surface area contributed by atoms with E-state index >= 15 is 0 Å². The summed E-state index contributed by atoms with van der Waals surface area (Å²) in [5.74, 6) is 0. The molecular weight excluding hydrogens is 298 g/mol. The number of halogens is 1. The summed E-state index contributed by atoms with van der Waals surface area (Å²) in [6, 6.07) is 0.0563. The first-order valence-corrected chi connectivity index (χ1v) is 6.96. The second-order valence-electron chi connectivity index (χ2n) is 4.19. The van der Waals surface area contributed by atoms with E-state index in [2.05, 4.69) is 26.3 Å². The summed E-state index contributed by atoms with van der Waals surface area (Å²) in [4.78, 5) is 12.0. The van der Waals surface area contributed by atoms with E-state index in [0.717, 1.165) is 31.9 Å². The van der Waals surface area contributed by atoms with Gasteiger partial charge < -0.3 is 10.1 Å². The Balaban J connectivity index is 2.63. The SMILES string of the molecule is CCOCCCNc1cnn(C(C)C)c(=O)c1Br. The molecule has 0 bridgehead atoms. The summed E-state index contributed by atoms with van der Waals surface area (Å²) in [7, 11) is 0. The average Bonchev–Trinajstić information content (AvgIpc) is 2.33. The highest BCUT2D eigenvalue weighted by Crippen LogP contribution is 2.16. The zero-order chi connectivity index (χ0) is 13.5. The van der Waals surface area contributed by atoms with E-state index in [1.807, 2.05) is 20.8 Å². The highest BCUT2D eigenvalue weighted by Gasteiger charge is 2.10. The van der Waals surface area contributed by atoms with Crippen LogP contribution in [0.1, 0.15) is 33.2 Å². The van der Waals surface area contributed by atoms with Gasteiger partial charge in [-0.15, -0.1) is 0 Å². The lowest BCUT2D eigenvalue weighted by Crippen LogP contribution is -2.26. The van der Waals surface area contributed by atoms with Gasteiger partial charge in [0.15, 0.2) is 0 Å². The Hall–Kier alpha value is -0.880. The van der Waals surface area contributed by atoms with Crippen molar-refractivity contribution in [3.05, 3.63) is 21.0 Å². The van der Waals surface area contributed by atoms with Gasteiger partial charge in [-0.05, 0) is 43.1 Å². The molecule has 1 aromatic heterocycles. The smallest absolute Gasteiger partial charge is 0.283 e. The number of nitrogens with one attached hydrogen (secondary N) is 1. The van der Waals surface area contributed by atoms with Gasteiger partial charge in [0.2, 0.25) is 0 Å². The number of hydrogen-bond donors (Lipinski definition) is 1. The molecule has 0 fully saturated rings. The lowest BCUT2D eigenvalue weighted by Gasteiger charge is -2.12. The first-order chi connectivity index (χ1) is 8.57. The number of anilines is 1. The largest absolute Gasteiger partial charge is 0.383 e. The van der Waals surface area contributed by atoms with E-state index < -0.39 is 0 Å². The summed E-state index contributed by atoms with van der Waals surface area (Å²) in [5.41, 5.74) is 0.619. The molecule has 0 saturated carbocycles. The van der Waals surface area contributed by atoms with Crippen LogP contribution in [-0.4, -0.2) is 29.5 Å². The molecule has 0 atom stereocenters. The van der Waals surface area contributed by atoms with E-state index in [1.54, 1.807) is 6.20 Å². The summed E-state index contributed by atoms with van der Waals surface area (Å²) >= 11 is 3.32. The normalized spacial score (nSPS) is 10.9. The molecule has 0 saturated heterocycles. The Kier molecular flexibility index (Phi) is 6.35. The standard InChI is InChI=1S/C12H20BrN3O2/c1-4-18-7-5-6-14-10-8-15-16(9(2)3)12(17)11(10)13/h8-9,14H,4-7H2,1-3H3. The highest BCUT2D eigenvalue weighted by molar-refractivity contribution is 9.10. The summed E-state index contributed by atoms with van der Waals surface area (Å²) in [6.07, 6.45) is 2.57. The molecule has 1 N–H and O–H groups in total. The van der Waals surface area contributed by atoms with Gasteiger partial charge in [0, 0.05) is 19.8 Å². The second-order valence-corrected chi connectivity index (χ2v) is 4.99. The Morgan fingerprint density at radius 1 is 1.56 bits per heavy atom. The van der Waals surface area contributed by atoms with Crippen molar-refractivity contribution in [3.8, 4) is 0 Å². The van der Waals surface area contributed by atoms with Crippen molar-refractivity contribution in [3.63, 3.8) is 0 Å². The molecule has 0 aliphatic carbocycles. The third-order valence-electron chi connectivity index (χ3n) is 2.42. The van der Waals surface area contributed by atoms with Crippen LogP contribution in [0, 0.1) is 0 Å². The average molecular weight is 318 g/mol. The first-order valence-electron chi connectivity index (χ1n) is 6.16. The zero-order valence-electron chi connectivity index (χ0n) is 11.1. The molecular formula is C12H20BrN3O2. The Morgan fingerprint density at radius 3 is 2.89 bits per heavy atom. The third kappa shape index (κ3) is 4.10. The van der Waals surface area contributed by atoms with Crippen LogP contribution in [0.15, 0.2) is 15.5 Å². The van der Waals surface area contributed by atoms with Gasteiger partial charge in [-0.2, -0.15) is 5.10 Å². The van der Waals surface area contributed by atoms with E-state index in [9.17, 15) is 4.79 Å². The fourth-order valence-corrected chi connectivity index (χ4v) is 1.90. The van der Waals surface area contributed by atoms with Gasteiger partial charge >= 0.3 is 0 Å². The number of nitrogens with zero attached hydrogens (tertiary/aromatic N) is 2. The van der Waals surface area contributed by atoms with Gasteiger partial charge in [-0.3, -0.25) is 4.79 Å². The van der Waals surface area contributed by atoms with Crippen molar-refractivity contribution < 1.29 is 4.74 Å². The van der Waals surface area contributed by atoms with E-state index in [-0.39, 0.29) is 11.6 Å². The minimum absolute atomic E-state index is 0.0563. The van der Waals surface area contributed by atoms with Crippen LogP contribution in [-0.2, 0) is 4.74 Å². The zero-order valence-corrected chi connectivity index (χ0v) is 12.7. The van der Waals surface area contributed by atoms with Crippen molar-refractivity contribution in [2.45, 2.75) is 33.2 Å². The minimum atomic E-state index is -0.111. The maximum absolute atomic E-state index is 12.0. The molecule has 6 heteroatoms. The topological polar surface area (TPSA) is 56.1 Å². The van der Waals surface area contributed by atoms with Crippen LogP contribution >= 0.6 is 15.9 Å². The molecule has 0 aromatic carbocycles. The monoisotopic (exact) mass is 317 g/mol. The Morgan fingerprint density at radius 2 is 2.28 bits per heavy atom. The van der Waals surface area contributed by atoms with Crippen LogP contribution in [0.25, 0.3) is 0 Å². The Bertz CT molecular complexity index is 432. The molecule has 5 nitrogen and oxygen atoms in total. The van der Waals surface area contributed by atoms with Gasteiger partial charge in [-0.1, -0.05) is 0 Å². The maximum Gasteiger partial charge on any atom is 0.283 e. The lowest BCUT2D eigenvalue weighted by molar-refractivity contribution is 0.147. The highest BCUT2D eigenvalue weighted by atomic mass is 79.9. The molecule has 0 aliphatic heterocycles. The molecule has 0 aliphatic rings. The number of aromatic nitrogens is 2. The molecule has 0 amide bonds. The molecule has 102 valence electrons. The summed E-state index contributed by atoms with van der Waals surface area (Å²) in [6.45, 7) is 8.03. The van der Waals surface area contributed by atoms with Crippen molar-refractivity contribution in [1.82, 2.24) is 9.78 Å². The first kappa shape index (κ1) is 15.2. The Labute approximate surface area is 116 Å². The van der Waals surface area contributed by atoms with Crippen molar-refractivity contribution in [1.29, 1.82) is 0 Å². The van der Waals surface area contributed by atoms with Crippen LogP contribution in [0.5, 0.6) is 0 Å². The van der Waals surface area contributed by atoms with Crippen LogP contribution < -0.4 is 10.9 Å². The van der Waals surface area contributed by atoms with Gasteiger partial charge in [0.05, 0.1) is 17.9 Å². The quantitative estimate of drug-likeness (QED) is 0.785. The van der Waals surface area contributed by atoms with Crippen LogP contribution in [0.4, 0.5) is 5.69 Å². The van der Waals surface area contributed by atoms with Crippen molar-refractivity contribution in [2.75, 3.05) is 25.1 Å². The maximum atomic E-state index is 12.0. The van der Waals surface area contributed by atoms with Crippen LogP contribution in [0.3, 0.4) is 0 Å². The van der Waals surface area contributed by atoms with Crippen molar-refractivity contribution in [2.24, 2.45) is 0 Å². The molecule has 0 radical (unpaired) electrons. The minimum Gasteiger partial charge on any atom is -0.383 e. The predicted molar refractivity (Wildman–Crippen MR) is 76.2 cm³/mol. The molecule has 0 spiro atoms. The molecule has 1 rings (SSSR count). The fourth-order valence-electron chi connectivity index (χ4n) is 1.48. The molecule has 18 heavy (non-hydrogen) atoms. The number of rotatable bonds is 7. The molecule has 1 heterocycles. The summed E-state index contributed by atoms with van der Waals surface area (Å²) < 4.78 is 7.23. The summed E-state index contributed by atoms with van der Waals surface area (Å²) in [5, 5.41) is 7.31. The predicted octanol–water partition coefficient (Wildman–Crippen LogP) is 2.43. The van der Waals surface area contributed by atoms with Gasteiger partial charge in [-0.25, -0.2) is 4.68 Å². The van der Waals surface area contributed by atoms with Crippen LogP contribution in [0.2, 0.25) is 0 Å². The third-order valence-corrected chi connectivity index (χ3v) is 3.18. The number of hydrogen-bond acceptors (Lipinski definition) is 4.